The fraction of sp³-hybridized carbons (Fsp3) is 0.500. The lowest BCUT2D eigenvalue weighted by atomic mass is 9.96. The average molecular weight is 305 g/mol. The lowest BCUT2D eigenvalue weighted by Crippen LogP contribution is -2.47. The van der Waals surface area contributed by atoms with E-state index in [-0.39, 0.29) is 18.8 Å². The third kappa shape index (κ3) is 4.63. The van der Waals surface area contributed by atoms with Gasteiger partial charge < -0.3 is 15.2 Å². The molecule has 2 N–H and O–H groups in total. The summed E-state index contributed by atoms with van der Waals surface area (Å²) in [5.41, 5.74) is -1.95. The van der Waals surface area contributed by atoms with Crippen LogP contribution in [0.3, 0.4) is 0 Å². The maximum absolute atomic E-state index is 12.7. The molecule has 0 amide bonds. The number of alkyl halides is 3. The van der Waals surface area contributed by atoms with E-state index in [4.69, 9.17) is 9.84 Å². The topological polar surface area (TPSA) is 58.6 Å². The van der Waals surface area contributed by atoms with E-state index < -0.39 is 23.2 Å². The molecule has 0 fully saturated rings. The molecule has 1 aromatic carbocycles. The third-order valence-corrected chi connectivity index (χ3v) is 3.29. The zero-order valence-corrected chi connectivity index (χ0v) is 11.8. The number of halogens is 3. The zero-order valence-electron chi connectivity index (χ0n) is 11.8. The summed E-state index contributed by atoms with van der Waals surface area (Å²) in [5.74, 6) is -1.26. The normalized spacial score (nSPS) is 14.5. The highest BCUT2D eigenvalue weighted by Gasteiger charge is 2.34. The molecule has 0 saturated carbocycles. The number of likely N-dealkylation sites (N-methyl/N-ethyl adjacent to an activating group) is 1. The molecule has 4 nitrogen and oxygen atoms in total. The van der Waals surface area contributed by atoms with Crippen molar-refractivity contribution in [3.8, 4) is 5.75 Å². The van der Waals surface area contributed by atoms with Gasteiger partial charge in [-0.15, -0.1) is 0 Å². The number of benzene rings is 1. The standard InChI is InChI=1S/C14H18F3NO3/c1-13(18-2,12(19)20)8-5-9-21-11-7-4-3-6-10(11)14(15,16)17/h3-4,6-7,18H,5,8-9H2,1-2H3,(H,19,20). The summed E-state index contributed by atoms with van der Waals surface area (Å²) >= 11 is 0. The summed E-state index contributed by atoms with van der Waals surface area (Å²) in [7, 11) is 1.52. The van der Waals surface area contributed by atoms with Crippen LogP contribution in [-0.2, 0) is 11.0 Å². The van der Waals surface area contributed by atoms with Crippen molar-refractivity contribution in [1.29, 1.82) is 0 Å². The Kier molecular flexibility index (Phi) is 5.60. The largest absolute Gasteiger partial charge is 0.493 e. The van der Waals surface area contributed by atoms with Crippen LogP contribution in [0.5, 0.6) is 5.75 Å². The van der Waals surface area contributed by atoms with Gasteiger partial charge in [0.15, 0.2) is 0 Å². The van der Waals surface area contributed by atoms with Crippen LogP contribution >= 0.6 is 0 Å². The smallest absolute Gasteiger partial charge is 0.419 e. The molecular weight excluding hydrogens is 287 g/mol. The first kappa shape index (κ1) is 17.3. The second-order valence-electron chi connectivity index (χ2n) is 4.83. The van der Waals surface area contributed by atoms with E-state index in [1.165, 1.54) is 32.2 Å². The number of ether oxygens (including phenoxy) is 1. The summed E-state index contributed by atoms with van der Waals surface area (Å²) in [4.78, 5) is 11.0. The molecule has 0 bridgehead atoms. The van der Waals surface area contributed by atoms with Crippen molar-refractivity contribution in [2.24, 2.45) is 0 Å². The van der Waals surface area contributed by atoms with E-state index in [0.29, 0.717) is 6.42 Å². The number of aliphatic carboxylic acids is 1. The Morgan fingerprint density at radius 1 is 1.33 bits per heavy atom. The fourth-order valence-corrected chi connectivity index (χ4v) is 1.77. The number of para-hydroxylation sites is 1. The van der Waals surface area contributed by atoms with E-state index in [1.54, 1.807) is 0 Å². The summed E-state index contributed by atoms with van der Waals surface area (Å²) < 4.78 is 43.4. The van der Waals surface area contributed by atoms with Crippen LogP contribution in [-0.4, -0.2) is 30.3 Å². The Balaban J connectivity index is 2.60. The fourth-order valence-electron chi connectivity index (χ4n) is 1.77. The number of carbonyl (C=O) groups is 1. The summed E-state index contributed by atoms with van der Waals surface area (Å²) in [6.07, 6.45) is -3.92. The molecule has 0 spiro atoms. The van der Waals surface area contributed by atoms with Crippen molar-refractivity contribution in [3.05, 3.63) is 29.8 Å². The molecule has 0 heterocycles. The van der Waals surface area contributed by atoms with Crippen LogP contribution in [0, 0.1) is 0 Å². The van der Waals surface area contributed by atoms with Crippen LogP contribution in [0.4, 0.5) is 13.2 Å². The second kappa shape index (κ2) is 6.80. The predicted molar refractivity (Wildman–Crippen MR) is 71.3 cm³/mol. The molecule has 1 unspecified atom stereocenters. The minimum absolute atomic E-state index is 0.0116. The molecule has 1 aromatic rings. The van der Waals surface area contributed by atoms with Crippen molar-refractivity contribution in [2.75, 3.05) is 13.7 Å². The first-order valence-electron chi connectivity index (χ1n) is 6.42. The van der Waals surface area contributed by atoms with Gasteiger partial charge in [-0.05, 0) is 38.9 Å². The number of hydrogen-bond donors (Lipinski definition) is 2. The van der Waals surface area contributed by atoms with Crippen LogP contribution in [0.2, 0.25) is 0 Å². The third-order valence-electron chi connectivity index (χ3n) is 3.29. The van der Waals surface area contributed by atoms with E-state index in [2.05, 4.69) is 5.32 Å². The second-order valence-corrected chi connectivity index (χ2v) is 4.83. The van der Waals surface area contributed by atoms with Crippen molar-refractivity contribution < 1.29 is 27.8 Å². The minimum Gasteiger partial charge on any atom is -0.493 e. The molecule has 0 saturated heterocycles. The van der Waals surface area contributed by atoms with Crippen LogP contribution in [0.25, 0.3) is 0 Å². The SMILES string of the molecule is CNC(C)(CCCOc1ccccc1C(F)(F)F)C(=O)O. The number of carboxylic acids is 1. The Labute approximate surface area is 120 Å². The van der Waals surface area contributed by atoms with Crippen molar-refractivity contribution in [3.63, 3.8) is 0 Å². The molecule has 21 heavy (non-hydrogen) atoms. The van der Waals surface area contributed by atoms with Crippen molar-refractivity contribution >= 4 is 5.97 Å². The lowest BCUT2D eigenvalue weighted by Gasteiger charge is -2.24. The van der Waals surface area contributed by atoms with Crippen LogP contribution in [0.15, 0.2) is 24.3 Å². The molecule has 118 valence electrons. The van der Waals surface area contributed by atoms with Gasteiger partial charge in [-0.3, -0.25) is 4.79 Å². The van der Waals surface area contributed by atoms with E-state index >= 15 is 0 Å². The number of nitrogens with one attached hydrogen (secondary N) is 1. The molecule has 1 rings (SSSR count). The van der Waals surface area contributed by atoms with Gasteiger partial charge in [0.25, 0.3) is 0 Å². The van der Waals surface area contributed by atoms with Gasteiger partial charge in [0.1, 0.15) is 11.3 Å². The highest BCUT2D eigenvalue weighted by molar-refractivity contribution is 5.78. The van der Waals surface area contributed by atoms with Gasteiger partial charge in [0.05, 0.1) is 12.2 Å². The van der Waals surface area contributed by atoms with E-state index in [0.717, 1.165) is 6.07 Å². The number of rotatable bonds is 7. The van der Waals surface area contributed by atoms with Crippen molar-refractivity contribution in [1.82, 2.24) is 5.32 Å². The molecule has 0 aliphatic heterocycles. The summed E-state index contributed by atoms with van der Waals surface area (Å²) in [5, 5.41) is 11.7. The number of hydrogen-bond acceptors (Lipinski definition) is 3. The number of carboxylic acid groups (broad SMARTS) is 1. The summed E-state index contributed by atoms with van der Waals surface area (Å²) in [6, 6.07) is 4.94. The molecule has 7 heteroatoms. The Bertz CT molecular complexity index is 491. The highest BCUT2D eigenvalue weighted by Crippen LogP contribution is 2.35. The predicted octanol–water partition coefficient (Wildman–Crippen LogP) is 2.93. The molecule has 0 aliphatic carbocycles. The van der Waals surface area contributed by atoms with Gasteiger partial charge in [-0.25, -0.2) is 0 Å². The molecule has 0 radical (unpaired) electrons. The van der Waals surface area contributed by atoms with Gasteiger partial charge in [-0.1, -0.05) is 12.1 Å². The monoisotopic (exact) mass is 305 g/mol. The first-order valence-corrected chi connectivity index (χ1v) is 6.42. The van der Waals surface area contributed by atoms with Gasteiger partial charge >= 0.3 is 12.1 Å². The molecule has 1 atom stereocenters. The van der Waals surface area contributed by atoms with Gasteiger partial charge in [0, 0.05) is 0 Å². The van der Waals surface area contributed by atoms with Gasteiger partial charge in [-0.2, -0.15) is 13.2 Å². The van der Waals surface area contributed by atoms with Gasteiger partial charge in [0.2, 0.25) is 0 Å². The Morgan fingerprint density at radius 3 is 2.48 bits per heavy atom. The Morgan fingerprint density at radius 2 is 1.95 bits per heavy atom. The molecule has 0 aliphatic rings. The highest BCUT2D eigenvalue weighted by atomic mass is 19.4. The van der Waals surface area contributed by atoms with Crippen molar-refractivity contribution in [2.45, 2.75) is 31.5 Å². The van der Waals surface area contributed by atoms with E-state index in [9.17, 15) is 18.0 Å². The quantitative estimate of drug-likeness (QED) is 0.761. The lowest BCUT2D eigenvalue weighted by molar-refractivity contribution is -0.144. The maximum atomic E-state index is 12.7. The maximum Gasteiger partial charge on any atom is 0.419 e. The van der Waals surface area contributed by atoms with E-state index in [1.807, 2.05) is 0 Å². The Hall–Kier alpha value is -1.76. The van der Waals surface area contributed by atoms with Crippen LogP contribution < -0.4 is 10.1 Å². The van der Waals surface area contributed by atoms with Crippen LogP contribution in [0.1, 0.15) is 25.3 Å². The summed E-state index contributed by atoms with van der Waals surface area (Å²) in [6.45, 7) is 1.52. The zero-order chi connectivity index (χ0) is 16.1. The molecular formula is C14H18F3NO3. The molecule has 0 aromatic heterocycles. The minimum atomic E-state index is -4.48. The first-order chi connectivity index (χ1) is 9.70. The average Bonchev–Trinajstić information content (AvgIpc) is 2.42.